The summed E-state index contributed by atoms with van der Waals surface area (Å²) >= 11 is 0. The van der Waals surface area contributed by atoms with Crippen molar-refractivity contribution in [3.63, 3.8) is 0 Å². The van der Waals surface area contributed by atoms with Crippen molar-refractivity contribution in [1.82, 2.24) is 20.4 Å². The number of hydrogen-bond acceptors (Lipinski definition) is 7. The van der Waals surface area contributed by atoms with Crippen LogP contribution in [0.1, 0.15) is 71.8 Å². The molecule has 1 aromatic heterocycles. The molecule has 3 aliphatic rings. The average molecular weight is 475 g/mol. The molecule has 182 valence electrons. The number of amides is 1. The fourth-order valence-corrected chi connectivity index (χ4v) is 5.84. The summed E-state index contributed by atoms with van der Waals surface area (Å²) in [6.45, 7) is 5.16. The zero-order valence-corrected chi connectivity index (χ0v) is 20.0. The largest absolute Gasteiger partial charge is 0.486 e. The summed E-state index contributed by atoms with van der Waals surface area (Å²) < 4.78 is 17.4. The van der Waals surface area contributed by atoms with Gasteiger partial charge in [0, 0.05) is 23.6 Å². The van der Waals surface area contributed by atoms with Crippen LogP contribution < -0.4 is 14.8 Å². The van der Waals surface area contributed by atoms with Gasteiger partial charge in [0.25, 0.3) is 5.91 Å². The van der Waals surface area contributed by atoms with E-state index in [0.717, 1.165) is 18.0 Å². The molecule has 1 spiro atoms. The van der Waals surface area contributed by atoms with E-state index in [4.69, 9.17) is 14.0 Å². The fourth-order valence-electron chi connectivity index (χ4n) is 5.84. The second-order valence-electron chi connectivity index (χ2n) is 9.80. The van der Waals surface area contributed by atoms with Crippen LogP contribution in [0.2, 0.25) is 0 Å². The maximum Gasteiger partial charge on any atom is 0.251 e. The molecule has 0 bridgehead atoms. The predicted molar refractivity (Wildman–Crippen MR) is 128 cm³/mol. The highest BCUT2D eigenvalue weighted by atomic mass is 16.6. The van der Waals surface area contributed by atoms with Crippen molar-refractivity contribution >= 4 is 5.91 Å². The van der Waals surface area contributed by atoms with Crippen molar-refractivity contribution in [1.29, 1.82) is 0 Å². The summed E-state index contributed by atoms with van der Waals surface area (Å²) in [5.74, 6) is 2.60. The van der Waals surface area contributed by atoms with Crippen LogP contribution in [-0.4, -0.2) is 40.7 Å². The molecule has 8 nitrogen and oxygen atoms in total. The van der Waals surface area contributed by atoms with Crippen molar-refractivity contribution < 1.29 is 18.8 Å². The van der Waals surface area contributed by atoms with Gasteiger partial charge in [-0.3, -0.25) is 9.69 Å². The lowest BCUT2D eigenvalue weighted by molar-refractivity contribution is 0.0949. The van der Waals surface area contributed by atoms with E-state index in [-0.39, 0.29) is 23.9 Å². The first-order chi connectivity index (χ1) is 17.1. The van der Waals surface area contributed by atoms with Gasteiger partial charge in [-0.05, 0) is 55.2 Å². The highest BCUT2D eigenvalue weighted by Gasteiger charge is 2.45. The van der Waals surface area contributed by atoms with Gasteiger partial charge in [-0.25, -0.2) is 0 Å². The standard InChI is InChI=1S/C27H30N4O4/c1-18-20-13-22-23(34-12-11-33-22)14-21(20)27(9-5-6-10-27)17-31(18)16-25-29-24(30-35-25)15-28-26(32)19-7-3-2-4-8-19/h2-4,7-8,13-14,18H,5-6,9-12,15-17H2,1H3,(H,28,32)/t18-/m1/s1. The third-order valence-electron chi connectivity index (χ3n) is 7.64. The quantitative estimate of drug-likeness (QED) is 0.594. The predicted octanol–water partition coefficient (Wildman–Crippen LogP) is 4.16. The summed E-state index contributed by atoms with van der Waals surface area (Å²) in [5.41, 5.74) is 3.44. The van der Waals surface area contributed by atoms with E-state index in [1.165, 1.54) is 36.8 Å². The number of benzene rings is 2. The molecular formula is C27H30N4O4. The third kappa shape index (κ3) is 4.16. The molecule has 1 aliphatic carbocycles. The minimum absolute atomic E-state index is 0.115. The number of nitrogens with zero attached hydrogens (tertiary/aromatic N) is 3. The minimum Gasteiger partial charge on any atom is -0.486 e. The highest BCUT2D eigenvalue weighted by Crippen LogP contribution is 2.52. The molecule has 0 unspecified atom stereocenters. The molecule has 3 heterocycles. The first-order valence-electron chi connectivity index (χ1n) is 12.4. The lowest BCUT2D eigenvalue weighted by atomic mass is 9.71. The Bertz CT molecular complexity index is 1220. The smallest absolute Gasteiger partial charge is 0.251 e. The number of ether oxygens (including phenoxy) is 2. The van der Waals surface area contributed by atoms with Gasteiger partial charge in [0.2, 0.25) is 5.89 Å². The molecule has 2 aliphatic heterocycles. The van der Waals surface area contributed by atoms with Crippen molar-refractivity contribution in [3.05, 3.63) is 70.9 Å². The second kappa shape index (κ2) is 9.00. The van der Waals surface area contributed by atoms with E-state index in [2.05, 4.69) is 39.4 Å². The summed E-state index contributed by atoms with van der Waals surface area (Å²) in [4.78, 5) is 19.3. The summed E-state index contributed by atoms with van der Waals surface area (Å²) in [6.07, 6.45) is 4.82. The normalized spacial score (nSPS) is 20.5. The van der Waals surface area contributed by atoms with Gasteiger partial charge in [0.05, 0.1) is 13.1 Å². The van der Waals surface area contributed by atoms with Crippen molar-refractivity contribution in [2.75, 3.05) is 19.8 Å². The Morgan fingerprint density at radius 1 is 1.11 bits per heavy atom. The van der Waals surface area contributed by atoms with Gasteiger partial charge in [0.1, 0.15) is 13.2 Å². The van der Waals surface area contributed by atoms with E-state index >= 15 is 0 Å². The molecule has 0 radical (unpaired) electrons. The molecule has 1 saturated carbocycles. The molecule has 1 amide bonds. The van der Waals surface area contributed by atoms with Crippen LogP contribution in [-0.2, 0) is 18.5 Å². The van der Waals surface area contributed by atoms with Crippen LogP contribution in [0, 0.1) is 0 Å². The lowest BCUT2D eigenvalue weighted by Gasteiger charge is -2.46. The van der Waals surface area contributed by atoms with Crippen molar-refractivity contribution in [2.45, 2.75) is 57.2 Å². The van der Waals surface area contributed by atoms with E-state index < -0.39 is 0 Å². The summed E-state index contributed by atoms with van der Waals surface area (Å²) in [5, 5.41) is 6.96. The summed E-state index contributed by atoms with van der Waals surface area (Å²) in [7, 11) is 0. The van der Waals surface area contributed by atoms with E-state index in [9.17, 15) is 4.79 Å². The van der Waals surface area contributed by atoms with Crippen LogP contribution in [0.5, 0.6) is 11.5 Å². The Hall–Kier alpha value is -3.39. The van der Waals surface area contributed by atoms with Gasteiger partial charge in [-0.1, -0.05) is 36.2 Å². The Kier molecular flexibility index (Phi) is 5.68. The maximum atomic E-state index is 12.3. The topological polar surface area (TPSA) is 89.7 Å². The third-order valence-corrected chi connectivity index (χ3v) is 7.64. The van der Waals surface area contributed by atoms with Crippen LogP contribution in [0.25, 0.3) is 0 Å². The maximum absolute atomic E-state index is 12.3. The van der Waals surface area contributed by atoms with Gasteiger partial charge >= 0.3 is 0 Å². The van der Waals surface area contributed by atoms with E-state index in [0.29, 0.717) is 37.0 Å². The Morgan fingerprint density at radius 3 is 2.63 bits per heavy atom. The molecule has 1 fully saturated rings. The van der Waals surface area contributed by atoms with Gasteiger partial charge in [0.15, 0.2) is 17.3 Å². The summed E-state index contributed by atoms with van der Waals surface area (Å²) in [6, 6.07) is 13.7. The van der Waals surface area contributed by atoms with Gasteiger partial charge in [-0.2, -0.15) is 4.98 Å². The van der Waals surface area contributed by atoms with Crippen molar-refractivity contribution in [3.8, 4) is 11.5 Å². The minimum atomic E-state index is -0.157. The number of aromatic nitrogens is 2. The molecule has 35 heavy (non-hydrogen) atoms. The zero-order valence-electron chi connectivity index (χ0n) is 20.0. The first-order valence-corrected chi connectivity index (χ1v) is 12.4. The van der Waals surface area contributed by atoms with E-state index in [1.54, 1.807) is 12.1 Å². The van der Waals surface area contributed by atoms with Crippen LogP contribution in [0.3, 0.4) is 0 Å². The average Bonchev–Trinajstić information content (AvgIpc) is 3.55. The number of carbonyl (C=O) groups excluding carboxylic acids is 1. The molecule has 8 heteroatoms. The molecule has 0 saturated heterocycles. The lowest BCUT2D eigenvalue weighted by Crippen LogP contribution is -2.45. The second-order valence-corrected chi connectivity index (χ2v) is 9.80. The van der Waals surface area contributed by atoms with Crippen LogP contribution in [0.4, 0.5) is 0 Å². The number of rotatable bonds is 5. The monoisotopic (exact) mass is 474 g/mol. The van der Waals surface area contributed by atoms with Gasteiger partial charge in [-0.15, -0.1) is 0 Å². The Balaban J connectivity index is 1.19. The van der Waals surface area contributed by atoms with E-state index in [1.807, 2.05) is 18.2 Å². The number of carbonyl (C=O) groups is 1. The van der Waals surface area contributed by atoms with Crippen LogP contribution in [0.15, 0.2) is 47.0 Å². The first kappa shape index (κ1) is 22.1. The molecule has 1 N–H and O–H groups in total. The molecule has 1 atom stereocenters. The van der Waals surface area contributed by atoms with Crippen molar-refractivity contribution in [2.24, 2.45) is 0 Å². The number of fused-ring (bicyclic) bond motifs is 3. The number of nitrogens with one attached hydrogen (secondary N) is 1. The number of hydrogen-bond donors (Lipinski definition) is 1. The van der Waals surface area contributed by atoms with Gasteiger partial charge < -0.3 is 19.3 Å². The Morgan fingerprint density at radius 2 is 1.86 bits per heavy atom. The highest BCUT2D eigenvalue weighted by molar-refractivity contribution is 5.93. The molecule has 6 rings (SSSR count). The van der Waals surface area contributed by atoms with Crippen LogP contribution >= 0.6 is 0 Å². The molecule has 3 aromatic rings. The SMILES string of the molecule is C[C@@H]1c2cc3c(cc2C2(CCCC2)CN1Cc1nc(CNC(=O)c2ccccc2)no1)OCCO3. The Labute approximate surface area is 204 Å². The molecular weight excluding hydrogens is 444 g/mol. The zero-order chi connectivity index (χ0) is 23.8. The molecule has 2 aromatic carbocycles. The fraction of sp³-hybridized carbons (Fsp3) is 0.444.